The Hall–Kier alpha value is -2.92. The van der Waals surface area contributed by atoms with E-state index in [1.165, 1.54) is 17.7 Å². The van der Waals surface area contributed by atoms with Gasteiger partial charge in [0.2, 0.25) is 5.91 Å². The maximum absolute atomic E-state index is 13.7. The lowest BCUT2D eigenvalue weighted by Gasteiger charge is -2.25. The molecule has 2 aromatic heterocycles. The topological polar surface area (TPSA) is 89.3 Å². The highest BCUT2D eigenvalue weighted by Gasteiger charge is 2.19. The summed E-state index contributed by atoms with van der Waals surface area (Å²) in [6.07, 6.45) is 1.23. The molecule has 8 nitrogen and oxygen atoms in total. The second kappa shape index (κ2) is 7.60. The molecule has 0 saturated carbocycles. The van der Waals surface area contributed by atoms with E-state index in [4.69, 9.17) is 4.74 Å². The first-order chi connectivity index (χ1) is 13.5. The molecule has 3 aromatic rings. The van der Waals surface area contributed by atoms with E-state index in [1.807, 2.05) is 4.90 Å². The number of amides is 1. The van der Waals surface area contributed by atoms with E-state index in [2.05, 4.69) is 15.3 Å². The molecule has 1 aliphatic rings. The lowest BCUT2D eigenvalue weighted by molar-refractivity contribution is -0.116. The molecule has 0 spiro atoms. The number of thiazole rings is 1. The Bertz CT molecular complexity index is 1090. The fraction of sp³-hybridized carbons (Fsp3) is 0.294. The zero-order valence-electron chi connectivity index (χ0n) is 14.5. The number of rotatable bonds is 4. The molecular weight excluding hydrogens is 392 g/mol. The van der Waals surface area contributed by atoms with Crippen LogP contribution in [0.4, 0.5) is 19.6 Å². The van der Waals surface area contributed by atoms with Gasteiger partial charge in [0.15, 0.2) is 10.8 Å². The van der Waals surface area contributed by atoms with Crippen LogP contribution in [0.2, 0.25) is 0 Å². The van der Waals surface area contributed by atoms with Gasteiger partial charge in [-0.05, 0) is 12.1 Å². The predicted molar refractivity (Wildman–Crippen MR) is 99.7 cm³/mol. The minimum atomic E-state index is -0.896. The van der Waals surface area contributed by atoms with Gasteiger partial charge in [0.1, 0.15) is 29.2 Å². The summed E-state index contributed by atoms with van der Waals surface area (Å²) in [6, 6.07) is 2.81. The van der Waals surface area contributed by atoms with Crippen molar-refractivity contribution in [2.45, 2.75) is 6.54 Å². The largest absolute Gasteiger partial charge is 0.378 e. The van der Waals surface area contributed by atoms with Crippen LogP contribution in [0.5, 0.6) is 0 Å². The van der Waals surface area contributed by atoms with Crippen molar-refractivity contribution in [3.8, 4) is 0 Å². The van der Waals surface area contributed by atoms with Crippen LogP contribution in [0.15, 0.2) is 29.3 Å². The normalized spacial score (nSPS) is 14.4. The van der Waals surface area contributed by atoms with Gasteiger partial charge < -0.3 is 15.0 Å². The first kappa shape index (κ1) is 18.4. The Balaban J connectivity index is 1.54. The lowest BCUT2D eigenvalue weighted by atomic mass is 10.3. The summed E-state index contributed by atoms with van der Waals surface area (Å²) in [5, 5.41) is 2.99. The number of hydrogen-bond donors (Lipinski definition) is 1. The van der Waals surface area contributed by atoms with Crippen LogP contribution in [0.3, 0.4) is 0 Å². The van der Waals surface area contributed by atoms with Gasteiger partial charge >= 0.3 is 0 Å². The van der Waals surface area contributed by atoms with Gasteiger partial charge in [0.25, 0.3) is 5.56 Å². The lowest BCUT2D eigenvalue weighted by Crippen LogP contribution is -2.36. The molecule has 0 radical (unpaired) electrons. The zero-order valence-corrected chi connectivity index (χ0v) is 15.3. The maximum Gasteiger partial charge on any atom is 0.273 e. The van der Waals surface area contributed by atoms with Gasteiger partial charge in [-0.1, -0.05) is 11.3 Å². The zero-order chi connectivity index (χ0) is 19.7. The number of nitrogens with one attached hydrogen (secondary N) is 1. The number of halogens is 2. The molecular formula is C17H15F2N5O3S. The number of benzene rings is 1. The van der Waals surface area contributed by atoms with Crippen molar-refractivity contribution in [1.82, 2.24) is 14.5 Å². The molecule has 146 valence electrons. The van der Waals surface area contributed by atoms with E-state index in [9.17, 15) is 18.4 Å². The quantitative estimate of drug-likeness (QED) is 0.707. The Morgan fingerprint density at radius 3 is 2.82 bits per heavy atom. The molecule has 1 amide bonds. The molecule has 28 heavy (non-hydrogen) atoms. The Kier molecular flexibility index (Phi) is 5.01. The number of morpholine rings is 1. The number of carbonyl (C=O) groups is 1. The van der Waals surface area contributed by atoms with Crippen LogP contribution in [-0.2, 0) is 16.1 Å². The minimum Gasteiger partial charge on any atom is -0.378 e. The molecule has 1 saturated heterocycles. The number of anilines is 2. The molecule has 0 aliphatic carbocycles. The molecule has 0 bridgehead atoms. The number of nitrogens with zero attached hydrogens (tertiary/aromatic N) is 4. The van der Waals surface area contributed by atoms with E-state index < -0.39 is 23.1 Å². The number of hydrogen-bond acceptors (Lipinski definition) is 7. The van der Waals surface area contributed by atoms with E-state index in [1.54, 1.807) is 0 Å². The van der Waals surface area contributed by atoms with E-state index in [-0.39, 0.29) is 12.2 Å². The van der Waals surface area contributed by atoms with Gasteiger partial charge in [-0.3, -0.25) is 14.2 Å². The second-order valence-electron chi connectivity index (χ2n) is 6.10. The van der Waals surface area contributed by atoms with E-state index in [0.717, 1.165) is 16.7 Å². The third kappa shape index (κ3) is 3.71. The van der Waals surface area contributed by atoms with Crippen LogP contribution in [-0.4, -0.2) is 46.7 Å². The summed E-state index contributed by atoms with van der Waals surface area (Å²) in [5.74, 6) is -2.28. The number of carbonyl (C=O) groups excluding carboxylic acids is 1. The highest BCUT2D eigenvalue weighted by molar-refractivity contribution is 7.22. The molecule has 11 heteroatoms. The van der Waals surface area contributed by atoms with Crippen molar-refractivity contribution in [3.05, 3.63) is 46.5 Å². The summed E-state index contributed by atoms with van der Waals surface area (Å²) in [6.45, 7) is 2.18. The standard InChI is InChI=1S/C17H15F2N5O3S/c18-10-1-2-12(11(19)7-10)21-13(25)8-24-9-20-15-14(16(24)26)28-17(22-15)23-3-5-27-6-4-23/h1-2,7,9H,3-6,8H2,(H,21,25). The first-order valence-electron chi connectivity index (χ1n) is 8.45. The highest BCUT2D eigenvalue weighted by atomic mass is 32.1. The summed E-state index contributed by atoms with van der Waals surface area (Å²) >= 11 is 1.21. The average Bonchev–Trinajstić information content (AvgIpc) is 3.12. The summed E-state index contributed by atoms with van der Waals surface area (Å²) < 4.78 is 33.4. The molecule has 1 N–H and O–H groups in total. The summed E-state index contributed by atoms with van der Waals surface area (Å²) in [7, 11) is 0. The van der Waals surface area contributed by atoms with Crippen molar-refractivity contribution in [1.29, 1.82) is 0 Å². The second-order valence-corrected chi connectivity index (χ2v) is 7.08. The third-order valence-corrected chi connectivity index (χ3v) is 5.27. The van der Waals surface area contributed by atoms with Crippen molar-refractivity contribution >= 4 is 38.4 Å². The van der Waals surface area contributed by atoms with Crippen LogP contribution in [0.25, 0.3) is 10.3 Å². The van der Waals surface area contributed by atoms with Gasteiger partial charge in [-0.25, -0.2) is 13.8 Å². The highest BCUT2D eigenvalue weighted by Crippen LogP contribution is 2.25. The van der Waals surface area contributed by atoms with Crippen LogP contribution in [0.1, 0.15) is 0 Å². The minimum absolute atomic E-state index is 0.166. The SMILES string of the molecule is O=C(Cn1cnc2nc(N3CCOCC3)sc2c1=O)Nc1ccc(F)cc1F. The van der Waals surface area contributed by atoms with Gasteiger partial charge in [0.05, 0.1) is 18.9 Å². The van der Waals surface area contributed by atoms with Crippen molar-refractivity contribution < 1.29 is 18.3 Å². The maximum atomic E-state index is 13.7. The fourth-order valence-electron chi connectivity index (χ4n) is 2.77. The van der Waals surface area contributed by atoms with Crippen molar-refractivity contribution in [2.75, 3.05) is 36.5 Å². The van der Waals surface area contributed by atoms with Crippen LogP contribution >= 0.6 is 11.3 Å². The monoisotopic (exact) mass is 407 g/mol. The fourth-order valence-corrected chi connectivity index (χ4v) is 3.79. The average molecular weight is 407 g/mol. The Morgan fingerprint density at radius 1 is 1.29 bits per heavy atom. The smallest absolute Gasteiger partial charge is 0.273 e. The summed E-state index contributed by atoms with van der Waals surface area (Å²) in [4.78, 5) is 35.4. The van der Waals surface area contributed by atoms with E-state index in [0.29, 0.717) is 47.8 Å². The molecule has 4 rings (SSSR count). The molecule has 1 fully saturated rings. The summed E-state index contributed by atoms with van der Waals surface area (Å²) in [5.41, 5.74) is -0.254. The Morgan fingerprint density at radius 2 is 2.07 bits per heavy atom. The van der Waals surface area contributed by atoms with Gasteiger partial charge in [0, 0.05) is 19.2 Å². The number of ether oxygens (including phenoxy) is 1. The predicted octanol–water partition coefficient (Wildman–Crippen LogP) is 1.61. The third-order valence-electron chi connectivity index (χ3n) is 4.17. The number of fused-ring (bicyclic) bond motifs is 1. The number of aromatic nitrogens is 3. The molecule has 0 atom stereocenters. The van der Waals surface area contributed by atoms with Crippen LogP contribution < -0.4 is 15.8 Å². The molecule has 0 unspecified atom stereocenters. The van der Waals surface area contributed by atoms with Gasteiger partial charge in [-0.15, -0.1) is 0 Å². The Labute approximate surface area is 161 Å². The van der Waals surface area contributed by atoms with Crippen molar-refractivity contribution in [3.63, 3.8) is 0 Å². The van der Waals surface area contributed by atoms with E-state index >= 15 is 0 Å². The van der Waals surface area contributed by atoms with Gasteiger partial charge in [-0.2, -0.15) is 4.98 Å². The van der Waals surface area contributed by atoms with Crippen LogP contribution in [0, 0.1) is 11.6 Å². The molecule has 3 heterocycles. The molecule has 1 aromatic carbocycles. The molecule has 1 aliphatic heterocycles. The van der Waals surface area contributed by atoms with Crippen molar-refractivity contribution in [2.24, 2.45) is 0 Å². The first-order valence-corrected chi connectivity index (χ1v) is 9.26.